The van der Waals surface area contributed by atoms with Crippen molar-refractivity contribution in [2.24, 2.45) is 11.8 Å². The fraction of sp³-hybridized carbons (Fsp3) is 0.684. The van der Waals surface area contributed by atoms with E-state index in [4.69, 9.17) is 9.47 Å². The molecule has 0 N–H and O–H groups in total. The van der Waals surface area contributed by atoms with Gasteiger partial charge in [0.15, 0.2) is 0 Å². The topological polar surface area (TPSA) is 18.5 Å². The van der Waals surface area contributed by atoms with Gasteiger partial charge in [0.25, 0.3) is 0 Å². The number of aryl methyl sites for hydroxylation is 1. The first-order valence-electron chi connectivity index (χ1n) is 8.28. The molecule has 0 aliphatic carbocycles. The Balaban J connectivity index is 1.59. The molecule has 1 aromatic carbocycles. The van der Waals surface area contributed by atoms with Crippen LogP contribution in [-0.4, -0.2) is 17.8 Å². The highest BCUT2D eigenvalue weighted by Crippen LogP contribution is 2.56. The van der Waals surface area contributed by atoms with Gasteiger partial charge in [0.2, 0.25) is 0 Å². The van der Waals surface area contributed by atoms with Crippen LogP contribution < -0.4 is 0 Å². The molecule has 2 aliphatic rings. The lowest BCUT2D eigenvalue weighted by Gasteiger charge is -2.31. The van der Waals surface area contributed by atoms with E-state index < -0.39 is 0 Å². The third-order valence-corrected chi connectivity index (χ3v) is 5.83. The van der Waals surface area contributed by atoms with Gasteiger partial charge in [-0.15, -0.1) is 0 Å². The predicted molar refractivity (Wildman–Crippen MR) is 85.2 cm³/mol. The number of ether oxygens (including phenoxy) is 2. The Morgan fingerprint density at radius 1 is 1.29 bits per heavy atom. The number of hydrogen-bond donors (Lipinski definition) is 0. The average molecular weight is 288 g/mol. The van der Waals surface area contributed by atoms with Crippen molar-refractivity contribution in [3.8, 4) is 0 Å². The van der Waals surface area contributed by atoms with Crippen molar-refractivity contribution in [2.75, 3.05) is 6.61 Å². The second-order valence-electron chi connectivity index (χ2n) is 7.48. The summed E-state index contributed by atoms with van der Waals surface area (Å²) in [7, 11) is 0. The predicted octanol–water partition coefficient (Wildman–Crippen LogP) is 4.50. The Morgan fingerprint density at radius 3 is 2.71 bits per heavy atom. The zero-order valence-electron chi connectivity index (χ0n) is 13.8. The van der Waals surface area contributed by atoms with Crippen molar-refractivity contribution in [3.05, 3.63) is 35.4 Å². The summed E-state index contributed by atoms with van der Waals surface area (Å²) < 4.78 is 12.5. The van der Waals surface area contributed by atoms with Crippen LogP contribution in [0.2, 0.25) is 0 Å². The summed E-state index contributed by atoms with van der Waals surface area (Å²) in [5.41, 5.74) is 2.76. The molecule has 21 heavy (non-hydrogen) atoms. The van der Waals surface area contributed by atoms with Crippen LogP contribution in [-0.2, 0) is 16.1 Å². The maximum Gasteiger partial charge on any atom is 0.0719 e. The lowest BCUT2D eigenvalue weighted by Crippen LogP contribution is -2.35. The molecule has 0 unspecified atom stereocenters. The third-order valence-electron chi connectivity index (χ3n) is 5.83. The van der Waals surface area contributed by atoms with E-state index in [0.717, 1.165) is 13.0 Å². The van der Waals surface area contributed by atoms with Gasteiger partial charge in [-0.1, -0.05) is 38.1 Å². The van der Waals surface area contributed by atoms with Crippen molar-refractivity contribution in [2.45, 2.75) is 64.8 Å². The average Bonchev–Trinajstić information content (AvgIpc) is 2.93. The second kappa shape index (κ2) is 5.40. The fourth-order valence-corrected chi connectivity index (χ4v) is 4.05. The molecule has 1 aromatic rings. The highest BCUT2D eigenvalue weighted by atomic mass is 16.5. The van der Waals surface area contributed by atoms with Crippen LogP contribution in [0, 0.1) is 18.8 Å². The summed E-state index contributed by atoms with van der Waals surface area (Å²) >= 11 is 0. The van der Waals surface area contributed by atoms with Gasteiger partial charge < -0.3 is 9.47 Å². The molecule has 0 radical (unpaired) electrons. The Morgan fingerprint density at radius 2 is 2.05 bits per heavy atom. The van der Waals surface area contributed by atoms with Gasteiger partial charge in [-0.2, -0.15) is 0 Å². The quantitative estimate of drug-likeness (QED) is 0.794. The standard InChI is InChI=1S/C19H28O2/c1-14(2)19-10-9-18(4,21-19)17(11-19)13-20-12-16-8-6-5-7-15(16)3/h5-8,14,17H,9-13H2,1-4H3/t17-,18-,19+/m1/s1. The largest absolute Gasteiger partial charge is 0.376 e. The van der Waals surface area contributed by atoms with Gasteiger partial charge >= 0.3 is 0 Å². The molecule has 0 aromatic heterocycles. The van der Waals surface area contributed by atoms with Gasteiger partial charge in [0, 0.05) is 5.92 Å². The van der Waals surface area contributed by atoms with E-state index in [1.165, 1.54) is 24.0 Å². The maximum absolute atomic E-state index is 6.47. The minimum absolute atomic E-state index is 0.0377. The number of fused-ring (bicyclic) bond motifs is 2. The Kier molecular flexibility index (Phi) is 3.87. The lowest BCUT2D eigenvalue weighted by atomic mass is 9.71. The van der Waals surface area contributed by atoms with Gasteiger partial charge in [-0.05, 0) is 50.2 Å². The summed E-state index contributed by atoms with van der Waals surface area (Å²) in [6.07, 6.45) is 3.56. The van der Waals surface area contributed by atoms with Crippen LogP contribution in [0.5, 0.6) is 0 Å². The minimum Gasteiger partial charge on any atom is -0.376 e. The molecule has 2 saturated heterocycles. The molecule has 116 valence electrons. The van der Waals surface area contributed by atoms with Crippen molar-refractivity contribution in [1.29, 1.82) is 0 Å². The van der Waals surface area contributed by atoms with Crippen molar-refractivity contribution < 1.29 is 9.47 Å². The van der Waals surface area contributed by atoms with E-state index in [9.17, 15) is 0 Å². The third kappa shape index (κ3) is 2.64. The number of benzene rings is 1. The van der Waals surface area contributed by atoms with Gasteiger partial charge in [-0.3, -0.25) is 0 Å². The van der Waals surface area contributed by atoms with E-state index in [0.29, 0.717) is 18.4 Å². The van der Waals surface area contributed by atoms with Crippen molar-refractivity contribution >= 4 is 0 Å². The van der Waals surface area contributed by atoms with Gasteiger partial charge in [-0.25, -0.2) is 0 Å². The smallest absolute Gasteiger partial charge is 0.0719 e. The van der Waals surface area contributed by atoms with Crippen LogP contribution in [0.1, 0.15) is 51.2 Å². The molecule has 0 saturated carbocycles. The zero-order chi connectivity index (χ0) is 15.1. The van der Waals surface area contributed by atoms with Crippen LogP contribution in [0.4, 0.5) is 0 Å². The zero-order valence-corrected chi connectivity index (χ0v) is 13.8. The SMILES string of the molecule is Cc1ccccc1COC[C@H]1C[C@]2(C(C)C)CC[C@@]1(C)O2. The van der Waals surface area contributed by atoms with Gasteiger partial charge in [0.05, 0.1) is 24.4 Å². The number of rotatable bonds is 5. The molecule has 3 rings (SSSR count). The van der Waals surface area contributed by atoms with E-state index in [-0.39, 0.29) is 11.2 Å². The first kappa shape index (κ1) is 15.1. The summed E-state index contributed by atoms with van der Waals surface area (Å²) in [4.78, 5) is 0. The minimum atomic E-state index is 0.0377. The summed E-state index contributed by atoms with van der Waals surface area (Å²) in [6, 6.07) is 8.47. The molecule has 2 bridgehead atoms. The number of hydrogen-bond acceptors (Lipinski definition) is 2. The van der Waals surface area contributed by atoms with Crippen LogP contribution in [0.3, 0.4) is 0 Å². The molecule has 2 aliphatic heterocycles. The molecule has 2 fully saturated rings. The molecule has 0 spiro atoms. The molecule has 0 amide bonds. The Hall–Kier alpha value is -0.860. The highest BCUT2D eigenvalue weighted by molar-refractivity contribution is 5.24. The Bertz CT molecular complexity index is 510. The molecular formula is C19H28O2. The normalized spacial score (nSPS) is 34.8. The monoisotopic (exact) mass is 288 g/mol. The van der Waals surface area contributed by atoms with E-state index in [1.807, 2.05) is 0 Å². The first-order chi connectivity index (χ1) is 9.95. The van der Waals surface area contributed by atoms with Crippen molar-refractivity contribution in [3.63, 3.8) is 0 Å². The molecule has 2 nitrogen and oxygen atoms in total. The van der Waals surface area contributed by atoms with Crippen LogP contribution >= 0.6 is 0 Å². The molecule has 3 atom stereocenters. The first-order valence-corrected chi connectivity index (χ1v) is 8.28. The molecule has 2 heteroatoms. The maximum atomic E-state index is 6.47. The van der Waals surface area contributed by atoms with E-state index in [2.05, 4.69) is 52.0 Å². The molecule has 2 heterocycles. The summed E-state index contributed by atoms with van der Waals surface area (Å²) in [5, 5.41) is 0. The molecular weight excluding hydrogens is 260 g/mol. The fourth-order valence-electron chi connectivity index (χ4n) is 4.05. The van der Waals surface area contributed by atoms with Crippen LogP contribution in [0.25, 0.3) is 0 Å². The second-order valence-corrected chi connectivity index (χ2v) is 7.48. The van der Waals surface area contributed by atoms with Gasteiger partial charge in [0.1, 0.15) is 0 Å². The summed E-state index contributed by atoms with van der Waals surface area (Å²) in [5.74, 6) is 1.14. The van der Waals surface area contributed by atoms with E-state index in [1.54, 1.807) is 0 Å². The Labute approximate surface area is 128 Å². The van der Waals surface area contributed by atoms with E-state index >= 15 is 0 Å². The lowest BCUT2D eigenvalue weighted by molar-refractivity contribution is -0.0757. The van der Waals surface area contributed by atoms with Crippen LogP contribution in [0.15, 0.2) is 24.3 Å². The highest BCUT2D eigenvalue weighted by Gasteiger charge is 2.59. The summed E-state index contributed by atoms with van der Waals surface area (Å²) in [6.45, 7) is 10.6. The van der Waals surface area contributed by atoms with Crippen molar-refractivity contribution in [1.82, 2.24) is 0 Å².